The highest BCUT2D eigenvalue weighted by molar-refractivity contribution is 6.26. The fourth-order valence-corrected chi connectivity index (χ4v) is 10.1. The van der Waals surface area contributed by atoms with Crippen LogP contribution in [0.3, 0.4) is 0 Å². The first-order valence-electron chi connectivity index (χ1n) is 20.7. The second-order valence-corrected chi connectivity index (χ2v) is 15.8. The number of allylic oxidation sites excluding steroid dienone is 1. The minimum Gasteiger partial charge on any atom is -0.309 e. The van der Waals surface area contributed by atoms with Crippen LogP contribution >= 0.6 is 0 Å². The summed E-state index contributed by atoms with van der Waals surface area (Å²) in [4.78, 5) is 0. The first-order valence-corrected chi connectivity index (χ1v) is 20.7. The van der Waals surface area contributed by atoms with E-state index in [4.69, 9.17) is 0 Å². The summed E-state index contributed by atoms with van der Waals surface area (Å²) in [5.74, 6) is 0. The molecule has 0 spiro atoms. The number of nitrogens with zero attached hydrogens (tertiary/aromatic N) is 1. The predicted octanol–water partition coefficient (Wildman–Crippen LogP) is 15.9. The van der Waals surface area contributed by atoms with Crippen molar-refractivity contribution in [3.63, 3.8) is 0 Å². The predicted molar refractivity (Wildman–Crippen MR) is 252 cm³/mol. The molecule has 1 aromatic heterocycles. The van der Waals surface area contributed by atoms with Gasteiger partial charge < -0.3 is 4.57 Å². The normalized spacial score (nSPS) is 12.5. The highest BCUT2D eigenvalue weighted by atomic mass is 15.0. The molecule has 1 heterocycles. The van der Waals surface area contributed by atoms with E-state index in [9.17, 15) is 0 Å². The maximum Gasteiger partial charge on any atom is 0.0553 e. The van der Waals surface area contributed by atoms with Crippen molar-refractivity contribution in [3.8, 4) is 50.2 Å². The molecule has 0 atom stereocenters. The average molecular weight is 750 g/mol. The fourth-order valence-electron chi connectivity index (χ4n) is 10.1. The van der Waals surface area contributed by atoms with Crippen LogP contribution in [-0.2, 0) is 6.42 Å². The third-order valence-electron chi connectivity index (χ3n) is 12.6. The number of hydrogen-bond acceptors (Lipinski definition) is 0. The Bertz CT molecular complexity index is 3400. The Hall–Kier alpha value is -7.48. The van der Waals surface area contributed by atoms with Gasteiger partial charge in [0.25, 0.3) is 0 Å². The number of rotatable bonds is 5. The molecule has 0 saturated heterocycles. The molecule has 0 N–H and O–H groups in total. The maximum atomic E-state index is 2.57. The van der Waals surface area contributed by atoms with Crippen LogP contribution in [0.4, 0.5) is 0 Å². The van der Waals surface area contributed by atoms with Crippen molar-refractivity contribution in [1.29, 1.82) is 0 Å². The Balaban J connectivity index is 1.22. The zero-order valence-corrected chi connectivity index (χ0v) is 32.6. The minimum atomic E-state index is 1.00. The van der Waals surface area contributed by atoms with Gasteiger partial charge in [0.15, 0.2) is 0 Å². The Kier molecular flexibility index (Phi) is 7.74. The smallest absolute Gasteiger partial charge is 0.0553 e. The van der Waals surface area contributed by atoms with Crippen LogP contribution in [0.25, 0.3) is 110 Å². The maximum absolute atomic E-state index is 2.57. The van der Waals surface area contributed by atoms with Gasteiger partial charge in [0.1, 0.15) is 0 Å². The Morgan fingerprint density at radius 3 is 1.46 bits per heavy atom. The first-order chi connectivity index (χ1) is 29.3. The summed E-state index contributed by atoms with van der Waals surface area (Å²) < 4.78 is 2.57. The largest absolute Gasteiger partial charge is 0.309 e. The average Bonchev–Trinajstić information content (AvgIpc) is 3.65. The van der Waals surface area contributed by atoms with Crippen molar-refractivity contribution >= 4 is 60.2 Å². The minimum absolute atomic E-state index is 1.00. The van der Waals surface area contributed by atoms with Gasteiger partial charge in [0.05, 0.1) is 11.0 Å². The molecule has 1 aliphatic rings. The van der Waals surface area contributed by atoms with Crippen molar-refractivity contribution in [2.45, 2.75) is 12.8 Å². The van der Waals surface area contributed by atoms with E-state index in [1.54, 1.807) is 0 Å². The van der Waals surface area contributed by atoms with Gasteiger partial charge in [-0.15, -0.1) is 0 Å². The number of benzene rings is 10. The lowest BCUT2D eigenvalue weighted by atomic mass is 9.85. The van der Waals surface area contributed by atoms with Crippen LogP contribution in [0, 0.1) is 0 Å². The van der Waals surface area contributed by atoms with E-state index in [2.05, 4.69) is 217 Å². The third kappa shape index (κ3) is 5.25. The van der Waals surface area contributed by atoms with Crippen LogP contribution in [0.2, 0.25) is 0 Å². The Morgan fingerprint density at radius 1 is 0.356 bits per heavy atom. The topological polar surface area (TPSA) is 4.93 Å². The van der Waals surface area contributed by atoms with E-state index in [0.29, 0.717) is 0 Å². The highest BCUT2D eigenvalue weighted by Crippen LogP contribution is 2.48. The van der Waals surface area contributed by atoms with Gasteiger partial charge in [-0.25, -0.2) is 0 Å². The molecular formula is C58H39N. The van der Waals surface area contributed by atoms with Gasteiger partial charge in [-0.05, 0) is 125 Å². The molecule has 12 rings (SSSR count). The Morgan fingerprint density at radius 2 is 0.831 bits per heavy atom. The van der Waals surface area contributed by atoms with Crippen molar-refractivity contribution in [3.05, 3.63) is 217 Å². The van der Waals surface area contributed by atoms with E-state index in [-0.39, 0.29) is 0 Å². The zero-order chi connectivity index (χ0) is 38.9. The van der Waals surface area contributed by atoms with E-state index in [1.165, 1.54) is 110 Å². The number of fused-ring (bicyclic) bond motifs is 9. The van der Waals surface area contributed by atoms with E-state index >= 15 is 0 Å². The lowest BCUT2D eigenvalue weighted by molar-refractivity contribution is 0.998. The van der Waals surface area contributed by atoms with Gasteiger partial charge >= 0.3 is 0 Å². The molecular weight excluding hydrogens is 711 g/mol. The third-order valence-corrected chi connectivity index (χ3v) is 12.6. The molecule has 0 radical (unpaired) electrons. The summed E-state index contributed by atoms with van der Waals surface area (Å²) in [6.45, 7) is 0. The molecule has 0 amide bonds. The SMILES string of the molecule is C1=Cc2c(-c3ccccc3)cc3c(c2CC1)c1c2ccccc2c(-c2ccccc2)cc1n3-c1cccc(-c2c3ccccc3c(-c3ccccc3)c3ccccc23)c1. The van der Waals surface area contributed by atoms with Crippen molar-refractivity contribution < 1.29 is 0 Å². The van der Waals surface area contributed by atoms with Crippen molar-refractivity contribution in [2.24, 2.45) is 0 Å². The molecule has 10 aromatic carbocycles. The van der Waals surface area contributed by atoms with E-state index in [0.717, 1.165) is 18.5 Å². The van der Waals surface area contributed by atoms with Gasteiger partial charge in [-0.2, -0.15) is 0 Å². The molecule has 1 aliphatic carbocycles. The highest BCUT2D eigenvalue weighted by Gasteiger charge is 2.25. The molecule has 0 aliphatic heterocycles. The van der Waals surface area contributed by atoms with Crippen molar-refractivity contribution in [2.75, 3.05) is 0 Å². The monoisotopic (exact) mass is 749 g/mol. The summed E-state index contributed by atoms with van der Waals surface area (Å²) in [7, 11) is 0. The number of aromatic nitrogens is 1. The molecule has 0 saturated carbocycles. The quantitative estimate of drug-likeness (QED) is 0.154. The molecule has 0 unspecified atom stereocenters. The second kappa shape index (κ2) is 13.6. The fraction of sp³-hybridized carbons (Fsp3) is 0.0345. The van der Waals surface area contributed by atoms with Crippen LogP contribution in [0.5, 0.6) is 0 Å². The Labute approximate surface area is 343 Å². The van der Waals surface area contributed by atoms with Crippen LogP contribution in [-0.4, -0.2) is 4.57 Å². The van der Waals surface area contributed by atoms with E-state index < -0.39 is 0 Å². The van der Waals surface area contributed by atoms with Gasteiger partial charge in [-0.1, -0.05) is 188 Å². The van der Waals surface area contributed by atoms with Crippen LogP contribution < -0.4 is 0 Å². The first kappa shape index (κ1) is 33.6. The molecule has 0 bridgehead atoms. The molecule has 276 valence electrons. The summed E-state index contributed by atoms with van der Waals surface area (Å²) in [5.41, 5.74) is 16.4. The van der Waals surface area contributed by atoms with Gasteiger partial charge in [0.2, 0.25) is 0 Å². The van der Waals surface area contributed by atoms with Crippen LogP contribution in [0.1, 0.15) is 17.5 Å². The number of aryl methyl sites for hydroxylation is 1. The molecule has 0 fully saturated rings. The zero-order valence-electron chi connectivity index (χ0n) is 32.6. The summed E-state index contributed by atoms with van der Waals surface area (Å²) in [5, 5.41) is 10.3. The molecule has 11 aromatic rings. The summed E-state index contributed by atoms with van der Waals surface area (Å²) in [6, 6.07) is 74.0. The molecule has 1 heteroatoms. The lowest BCUT2D eigenvalue weighted by Crippen LogP contribution is -2.00. The summed E-state index contributed by atoms with van der Waals surface area (Å²) in [6.07, 6.45) is 6.76. The summed E-state index contributed by atoms with van der Waals surface area (Å²) >= 11 is 0. The lowest BCUT2D eigenvalue weighted by Gasteiger charge is -2.19. The molecule has 59 heavy (non-hydrogen) atoms. The van der Waals surface area contributed by atoms with Crippen molar-refractivity contribution in [1.82, 2.24) is 4.57 Å². The molecule has 1 nitrogen and oxygen atoms in total. The van der Waals surface area contributed by atoms with Crippen LogP contribution in [0.15, 0.2) is 206 Å². The standard InChI is InChI=1S/C58H39N/c1-4-19-38(20-5-1)51-36-53-57(45-29-12-10-27-43(45)51)58-46-30-13-11-28-44(46)52(39-21-6-2-7-22-39)37-54(58)59(53)42-26-18-25-41(35-42)56-49-33-16-14-31-47(49)55(40-23-8-3-9-24-40)48-32-15-17-34-50(48)56/h1-12,14-29,31-37H,13,30H2. The second-order valence-electron chi connectivity index (χ2n) is 15.8. The van der Waals surface area contributed by atoms with E-state index in [1.807, 2.05) is 0 Å². The van der Waals surface area contributed by atoms with Gasteiger partial charge in [-0.3, -0.25) is 0 Å². The number of hydrogen-bond donors (Lipinski definition) is 0. The van der Waals surface area contributed by atoms with Gasteiger partial charge in [0, 0.05) is 16.5 Å².